The van der Waals surface area contributed by atoms with Crippen molar-refractivity contribution in [1.82, 2.24) is 4.90 Å². The molecular formula is C20H17IN2O5. The van der Waals surface area contributed by atoms with E-state index in [0.717, 1.165) is 8.47 Å². The van der Waals surface area contributed by atoms with Crippen LogP contribution in [0.15, 0.2) is 48.5 Å². The lowest BCUT2D eigenvalue weighted by molar-refractivity contribution is -0.147. The molecule has 3 amide bonds. The molecule has 28 heavy (non-hydrogen) atoms. The van der Waals surface area contributed by atoms with Gasteiger partial charge in [-0.15, -0.1) is 0 Å². The number of carbonyl (C=O) groups excluding carboxylic acids is 4. The summed E-state index contributed by atoms with van der Waals surface area (Å²) in [5.41, 5.74) is 1.40. The van der Waals surface area contributed by atoms with Gasteiger partial charge >= 0.3 is 5.97 Å². The normalized spacial score (nSPS) is 12.7. The maximum atomic E-state index is 12.2. The molecule has 0 aromatic heterocycles. The van der Waals surface area contributed by atoms with Gasteiger partial charge in [0.2, 0.25) is 0 Å². The van der Waals surface area contributed by atoms with Crippen LogP contribution in [-0.4, -0.2) is 41.7 Å². The van der Waals surface area contributed by atoms with Gasteiger partial charge in [0.15, 0.2) is 6.61 Å². The van der Waals surface area contributed by atoms with Gasteiger partial charge in [0.25, 0.3) is 17.7 Å². The Morgan fingerprint density at radius 1 is 0.964 bits per heavy atom. The van der Waals surface area contributed by atoms with Crippen LogP contribution in [-0.2, 0) is 14.3 Å². The van der Waals surface area contributed by atoms with Gasteiger partial charge < -0.3 is 10.1 Å². The number of ether oxygens (including phenoxy) is 1. The molecule has 7 nitrogen and oxygen atoms in total. The Balaban J connectivity index is 1.41. The number of hydrogen-bond acceptors (Lipinski definition) is 5. The Morgan fingerprint density at radius 3 is 2.21 bits per heavy atom. The number of anilines is 1. The molecule has 0 spiro atoms. The third-order valence-corrected chi connectivity index (χ3v) is 5.09. The average molecular weight is 492 g/mol. The lowest BCUT2D eigenvalue weighted by Gasteiger charge is -2.13. The molecule has 8 heteroatoms. The lowest BCUT2D eigenvalue weighted by Crippen LogP contribution is -2.31. The Labute approximate surface area is 175 Å². The molecule has 0 fully saturated rings. The van der Waals surface area contributed by atoms with Crippen molar-refractivity contribution in [2.45, 2.75) is 12.8 Å². The van der Waals surface area contributed by atoms with E-state index in [-0.39, 0.29) is 31.2 Å². The minimum Gasteiger partial charge on any atom is -0.456 e. The number of fused-ring (bicyclic) bond motifs is 1. The first-order chi connectivity index (χ1) is 13.5. The third-order valence-electron chi connectivity index (χ3n) is 4.15. The Hall–Kier alpha value is -2.75. The number of amides is 3. The van der Waals surface area contributed by atoms with Crippen molar-refractivity contribution in [2.24, 2.45) is 0 Å². The third kappa shape index (κ3) is 4.56. The predicted octanol–water partition coefficient (Wildman–Crippen LogP) is 2.85. The van der Waals surface area contributed by atoms with Crippen LogP contribution in [0, 0.1) is 3.57 Å². The molecule has 1 heterocycles. The smallest absolute Gasteiger partial charge is 0.306 e. The molecule has 3 rings (SSSR count). The van der Waals surface area contributed by atoms with Gasteiger partial charge in [-0.25, -0.2) is 0 Å². The molecule has 2 aromatic rings. The average Bonchev–Trinajstić information content (AvgIpc) is 2.93. The zero-order valence-corrected chi connectivity index (χ0v) is 17.0. The zero-order chi connectivity index (χ0) is 20.1. The fourth-order valence-corrected chi connectivity index (χ4v) is 3.31. The molecule has 0 radical (unpaired) electrons. The molecule has 0 aliphatic carbocycles. The van der Waals surface area contributed by atoms with Crippen molar-refractivity contribution in [1.29, 1.82) is 0 Å². The number of hydrogen-bond donors (Lipinski definition) is 1. The summed E-state index contributed by atoms with van der Waals surface area (Å²) in [6.45, 7) is -0.271. The van der Waals surface area contributed by atoms with E-state index in [9.17, 15) is 19.2 Å². The second kappa shape index (κ2) is 8.96. The summed E-state index contributed by atoms with van der Waals surface area (Å²) in [5.74, 6) is -1.70. The van der Waals surface area contributed by atoms with Crippen molar-refractivity contribution in [3.8, 4) is 0 Å². The number of rotatable bonds is 7. The number of carbonyl (C=O) groups is 4. The minimum absolute atomic E-state index is 0.00353. The maximum absolute atomic E-state index is 12.2. The van der Waals surface area contributed by atoms with Crippen molar-refractivity contribution >= 4 is 52.0 Å². The van der Waals surface area contributed by atoms with E-state index in [1.165, 1.54) is 0 Å². The zero-order valence-electron chi connectivity index (χ0n) is 14.8. The molecule has 0 atom stereocenters. The highest BCUT2D eigenvalue weighted by Gasteiger charge is 2.34. The number of para-hydroxylation sites is 1. The maximum Gasteiger partial charge on any atom is 0.306 e. The van der Waals surface area contributed by atoms with Crippen LogP contribution in [0.25, 0.3) is 0 Å². The van der Waals surface area contributed by atoms with Crippen LogP contribution in [0.4, 0.5) is 5.69 Å². The fraction of sp³-hybridized carbons (Fsp3) is 0.200. The number of halogens is 1. The fourth-order valence-electron chi connectivity index (χ4n) is 2.79. The molecule has 1 N–H and O–H groups in total. The van der Waals surface area contributed by atoms with Gasteiger partial charge in [0.1, 0.15) is 0 Å². The van der Waals surface area contributed by atoms with Gasteiger partial charge in [0.05, 0.1) is 16.8 Å². The topological polar surface area (TPSA) is 92.8 Å². The van der Waals surface area contributed by atoms with E-state index in [1.807, 2.05) is 12.1 Å². The van der Waals surface area contributed by atoms with E-state index >= 15 is 0 Å². The van der Waals surface area contributed by atoms with Crippen LogP contribution in [0.5, 0.6) is 0 Å². The van der Waals surface area contributed by atoms with Gasteiger partial charge in [-0.05, 0) is 53.3 Å². The second-order valence-electron chi connectivity index (χ2n) is 6.10. The van der Waals surface area contributed by atoms with Crippen LogP contribution in [0.1, 0.15) is 33.6 Å². The summed E-state index contributed by atoms with van der Waals surface area (Å²) in [5, 5.41) is 2.67. The van der Waals surface area contributed by atoms with Crippen LogP contribution < -0.4 is 5.32 Å². The van der Waals surface area contributed by atoms with Crippen molar-refractivity contribution in [2.75, 3.05) is 18.5 Å². The largest absolute Gasteiger partial charge is 0.456 e. The number of nitrogens with zero attached hydrogens (tertiary/aromatic N) is 1. The molecule has 0 saturated carbocycles. The first-order valence-corrected chi connectivity index (χ1v) is 9.70. The highest BCUT2D eigenvalue weighted by molar-refractivity contribution is 14.1. The Bertz CT molecular complexity index is 909. The van der Waals surface area contributed by atoms with Crippen LogP contribution >= 0.6 is 22.6 Å². The molecule has 1 aliphatic rings. The molecule has 144 valence electrons. The second-order valence-corrected chi connectivity index (χ2v) is 7.26. The van der Waals surface area contributed by atoms with E-state index < -0.39 is 18.5 Å². The molecule has 0 unspecified atom stereocenters. The van der Waals surface area contributed by atoms with E-state index in [4.69, 9.17) is 4.74 Å². The molecule has 0 saturated heterocycles. The summed E-state index contributed by atoms with van der Waals surface area (Å²) in [6.07, 6.45) is 0.270. The Morgan fingerprint density at radius 2 is 1.57 bits per heavy atom. The van der Waals surface area contributed by atoms with Gasteiger partial charge in [-0.2, -0.15) is 0 Å². The number of nitrogens with one attached hydrogen (secondary N) is 1. The summed E-state index contributed by atoms with van der Waals surface area (Å²) in [6, 6.07) is 13.9. The van der Waals surface area contributed by atoms with E-state index in [0.29, 0.717) is 16.8 Å². The van der Waals surface area contributed by atoms with Crippen molar-refractivity contribution in [3.05, 3.63) is 63.2 Å². The summed E-state index contributed by atoms with van der Waals surface area (Å²) >= 11 is 2.09. The standard InChI is InChI=1S/C20H17IN2O5/c21-15-8-3-4-9-16(15)22-17(24)12-28-18(25)10-5-11-23-19(26)13-6-1-2-7-14(13)20(23)27/h1-4,6-9H,5,10-12H2,(H,22,24). The van der Waals surface area contributed by atoms with Crippen molar-refractivity contribution in [3.63, 3.8) is 0 Å². The first kappa shape index (κ1) is 20.0. The molecule has 0 bridgehead atoms. The van der Waals surface area contributed by atoms with Crippen LogP contribution in [0.2, 0.25) is 0 Å². The van der Waals surface area contributed by atoms with Gasteiger partial charge in [-0.1, -0.05) is 24.3 Å². The van der Waals surface area contributed by atoms with Crippen molar-refractivity contribution < 1.29 is 23.9 Å². The predicted molar refractivity (Wildman–Crippen MR) is 110 cm³/mol. The number of benzene rings is 2. The SMILES string of the molecule is O=C(COC(=O)CCCN1C(=O)c2ccccc2C1=O)Nc1ccccc1I. The number of imide groups is 1. The molecule has 2 aromatic carbocycles. The highest BCUT2D eigenvalue weighted by atomic mass is 127. The number of esters is 1. The molecular weight excluding hydrogens is 475 g/mol. The quantitative estimate of drug-likeness (QED) is 0.365. The first-order valence-electron chi connectivity index (χ1n) is 8.62. The van der Waals surface area contributed by atoms with Gasteiger partial charge in [0, 0.05) is 16.5 Å². The minimum atomic E-state index is -0.561. The lowest BCUT2D eigenvalue weighted by atomic mass is 10.1. The summed E-state index contributed by atoms with van der Waals surface area (Å²) in [4.78, 5) is 49.3. The molecule has 1 aliphatic heterocycles. The van der Waals surface area contributed by atoms with Crippen LogP contribution in [0.3, 0.4) is 0 Å². The van der Waals surface area contributed by atoms with E-state index in [1.54, 1.807) is 36.4 Å². The van der Waals surface area contributed by atoms with E-state index in [2.05, 4.69) is 27.9 Å². The summed E-state index contributed by atoms with van der Waals surface area (Å²) in [7, 11) is 0. The monoisotopic (exact) mass is 492 g/mol. The highest BCUT2D eigenvalue weighted by Crippen LogP contribution is 2.22. The van der Waals surface area contributed by atoms with Gasteiger partial charge in [-0.3, -0.25) is 24.1 Å². The Kier molecular flexibility index (Phi) is 6.40. The summed E-state index contributed by atoms with van der Waals surface area (Å²) < 4.78 is 5.83.